The third kappa shape index (κ3) is 1.64. The largest absolute Gasteiger partial charge is 0.305 e. The van der Waals surface area contributed by atoms with E-state index in [0.717, 1.165) is 12.1 Å². The number of para-hydroxylation sites is 1. The molecule has 1 aliphatic heterocycles. The van der Waals surface area contributed by atoms with E-state index in [4.69, 9.17) is 0 Å². The number of anilines is 1. The lowest BCUT2D eigenvalue weighted by Gasteiger charge is -2.27. The average molecular weight is 215 g/mol. The minimum Gasteiger partial charge on any atom is -0.305 e. The van der Waals surface area contributed by atoms with E-state index >= 15 is 0 Å². The summed E-state index contributed by atoms with van der Waals surface area (Å²) in [5.74, 6) is 0.458. The molecule has 2 rings (SSSR count). The van der Waals surface area contributed by atoms with Crippen LogP contribution in [-0.2, 0) is 11.2 Å². The fourth-order valence-corrected chi connectivity index (χ4v) is 2.33. The van der Waals surface area contributed by atoms with Crippen molar-refractivity contribution in [1.82, 2.24) is 0 Å². The minimum atomic E-state index is 0.00338. The van der Waals surface area contributed by atoms with E-state index in [-0.39, 0.29) is 11.9 Å². The van der Waals surface area contributed by atoms with Crippen molar-refractivity contribution >= 4 is 11.6 Å². The maximum Gasteiger partial charge on any atom is 0.250 e. The van der Waals surface area contributed by atoms with Gasteiger partial charge in [0, 0.05) is 11.7 Å². The Kier molecular flexibility index (Phi) is 2.82. The van der Waals surface area contributed by atoms with Gasteiger partial charge in [0.15, 0.2) is 0 Å². The van der Waals surface area contributed by atoms with Gasteiger partial charge in [-0.15, -0.1) is 0 Å². The van der Waals surface area contributed by atoms with Crippen molar-refractivity contribution < 1.29 is 4.79 Å². The molecule has 1 heterocycles. The number of fused-ring (bicyclic) bond motifs is 1. The first-order chi connectivity index (χ1) is 7.65. The highest BCUT2D eigenvalue weighted by atomic mass is 16.2. The summed E-state index contributed by atoms with van der Waals surface area (Å²) in [6.07, 6.45) is 2.35. The van der Waals surface area contributed by atoms with E-state index in [1.807, 2.05) is 23.1 Å². The first-order valence-corrected chi connectivity index (χ1v) is 5.68. The quantitative estimate of drug-likeness (QED) is 0.695. The van der Waals surface area contributed by atoms with Crippen LogP contribution in [0.25, 0.3) is 0 Å². The Morgan fingerprint density at radius 1 is 1.50 bits per heavy atom. The molecule has 2 heteroatoms. The third-order valence-electron chi connectivity index (χ3n) is 3.19. The van der Waals surface area contributed by atoms with Gasteiger partial charge in [-0.25, -0.2) is 0 Å². The molecule has 0 N–H and O–H groups in total. The van der Waals surface area contributed by atoms with Gasteiger partial charge in [-0.2, -0.15) is 0 Å². The molecule has 1 atom stereocenters. The molecule has 1 aliphatic rings. The molecule has 16 heavy (non-hydrogen) atoms. The maximum atomic E-state index is 11.9. The van der Waals surface area contributed by atoms with Gasteiger partial charge >= 0.3 is 0 Å². The highest BCUT2D eigenvalue weighted by Gasteiger charge is 2.33. The molecule has 1 aromatic rings. The van der Waals surface area contributed by atoms with Crippen LogP contribution in [0.1, 0.15) is 19.4 Å². The minimum absolute atomic E-state index is 0.00338. The van der Waals surface area contributed by atoms with Crippen LogP contribution in [0.5, 0.6) is 0 Å². The van der Waals surface area contributed by atoms with Gasteiger partial charge in [-0.3, -0.25) is 4.79 Å². The summed E-state index contributed by atoms with van der Waals surface area (Å²) >= 11 is 0. The van der Waals surface area contributed by atoms with Gasteiger partial charge in [-0.1, -0.05) is 38.6 Å². The number of carbonyl (C=O) groups excluding carboxylic acids is 1. The van der Waals surface area contributed by atoms with E-state index < -0.39 is 0 Å². The summed E-state index contributed by atoms with van der Waals surface area (Å²) in [7, 11) is 0. The molecule has 2 nitrogen and oxygen atoms in total. The molecule has 0 aliphatic carbocycles. The molecule has 0 saturated carbocycles. The highest BCUT2D eigenvalue weighted by molar-refractivity contribution is 6.03. The molecule has 84 valence electrons. The number of amides is 1. The van der Waals surface area contributed by atoms with Crippen molar-refractivity contribution in [3.8, 4) is 0 Å². The van der Waals surface area contributed by atoms with Crippen molar-refractivity contribution in [2.45, 2.75) is 26.3 Å². The molecule has 1 aromatic carbocycles. The number of hydrogen-bond acceptors (Lipinski definition) is 1. The predicted molar refractivity (Wildman–Crippen MR) is 66.5 cm³/mol. The average Bonchev–Trinajstić information content (AvgIpc) is 2.67. The van der Waals surface area contributed by atoms with Gasteiger partial charge < -0.3 is 4.90 Å². The summed E-state index contributed by atoms with van der Waals surface area (Å²) in [4.78, 5) is 13.8. The van der Waals surface area contributed by atoms with Crippen LogP contribution < -0.4 is 4.90 Å². The number of nitrogens with zero attached hydrogens (tertiary/aromatic N) is 1. The zero-order chi connectivity index (χ0) is 11.7. The Labute approximate surface area is 96.6 Å². The van der Waals surface area contributed by atoms with Crippen molar-refractivity contribution in [3.05, 3.63) is 42.5 Å². The third-order valence-corrected chi connectivity index (χ3v) is 3.19. The zero-order valence-corrected chi connectivity index (χ0v) is 9.81. The smallest absolute Gasteiger partial charge is 0.250 e. The molecular weight excluding hydrogens is 198 g/mol. The van der Waals surface area contributed by atoms with E-state index in [2.05, 4.69) is 26.5 Å². The second-order valence-electron chi connectivity index (χ2n) is 4.56. The van der Waals surface area contributed by atoms with Crippen LogP contribution >= 0.6 is 0 Å². The van der Waals surface area contributed by atoms with E-state index in [1.165, 1.54) is 11.6 Å². The predicted octanol–water partition coefficient (Wildman–Crippen LogP) is 2.79. The molecule has 0 aromatic heterocycles. The Balaban J connectivity index is 2.43. The lowest BCUT2D eigenvalue weighted by atomic mass is 10.00. The summed E-state index contributed by atoms with van der Waals surface area (Å²) in [6.45, 7) is 7.89. The Hall–Kier alpha value is -1.57. The van der Waals surface area contributed by atoms with Crippen LogP contribution in [0, 0.1) is 5.92 Å². The van der Waals surface area contributed by atoms with Gasteiger partial charge in [0.25, 0.3) is 5.91 Å². The van der Waals surface area contributed by atoms with E-state index in [9.17, 15) is 4.79 Å². The summed E-state index contributed by atoms with van der Waals surface area (Å²) in [6, 6.07) is 8.38. The van der Waals surface area contributed by atoms with E-state index in [0.29, 0.717) is 5.92 Å². The van der Waals surface area contributed by atoms with Crippen LogP contribution in [-0.4, -0.2) is 11.9 Å². The standard InChI is InChI=1S/C14H17NO/c1-4-14(16)15-12-8-6-5-7-11(12)9-13(15)10(2)3/h4-8,10,13H,1,9H2,2-3H3. The Bertz CT molecular complexity index is 422. The second kappa shape index (κ2) is 4.12. The molecule has 0 radical (unpaired) electrons. The molecular formula is C14H17NO. The first kappa shape index (κ1) is 10.9. The topological polar surface area (TPSA) is 20.3 Å². The molecule has 0 fully saturated rings. The maximum absolute atomic E-state index is 11.9. The fourth-order valence-electron chi connectivity index (χ4n) is 2.33. The summed E-state index contributed by atoms with van der Waals surface area (Å²) in [5.41, 5.74) is 2.31. The summed E-state index contributed by atoms with van der Waals surface area (Å²) < 4.78 is 0. The normalized spacial score (nSPS) is 18.7. The number of hydrogen-bond donors (Lipinski definition) is 0. The van der Waals surface area contributed by atoms with Crippen LogP contribution in [0.2, 0.25) is 0 Å². The monoisotopic (exact) mass is 215 g/mol. The highest BCUT2D eigenvalue weighted by Crippen LogP contribution is 2.35. The van der Waals surface area contributed by atoms with Crippen molar-refractivity contribution in [2.75, 3.05) is 4.90 Å². The lowest BCUT2D eigenvalue weighted by Crippen LogP contribution is -2.39. The first-order valence-electron chi connectivity index (χ1n) is 5.68. The second-order valence-corrected chi connectivity index (χ2v) is 4.56. The van der Waals surface area contributed by atoms with Crippen LogP contribution in [0.3, 0.4) is 0 Å². The van der Waals surface area contributed by atoms with Crippen molar-refractivity contribution in [2.24, 2.45) is 5.92 Å². The fraction of sp³-hybridized carbons (Fsp3) is 0.357. The molecule has 1 unspecified atom stereocenters. The van der Waals surface area contributed by atoms with E-state index in [1.54, 1.807) is 0 Å². The van der Waals surface area contributed by atoms with Gasteiger partial charge in [0.2, 0.25) is 0 Å². The Morgan fingerprint density at radius 2 is 2.19 bits per heavy atom. The molecule has 0 spiro atoms. The molecule has 0 saturated heterocycles. The molecule has 0 bridgehead atoms. The molecule has 1 amide bonds. The van der Waals surface area contributed by atoms with Gasteiger partial charge in [-0.05, 0) is 30.0 Å². The van der Waals surface area contributed by atoms with Gasteiger partial charge in [0.1, 0.15) is 0 Å². The lowest BCUT2D eigenvalue weighted by molar-refractivity contribution is -0.114. The summed E-state index contributed by atoms with van der Waals surface area (Å²) in [5, 5.41) is 0. The number of carbonyl (C=O) groups is 1. The van der Waals surface area contributed by atoms with Crippen molar-refractivity contribution in [3.63, 3.8) is 0 Å². The zero-order valence-electron chi connectivity index (χ0n) is 9.81. The SMILES string of the molecule is C=CC(=O)N1c2ccccc2CC1C(C)C. The number of rotatable bonds is 2. The van der Waals surface area contributed by atoms with Crippen molar-refractivity contribution in [1.29, 1.82) is 0 Å². The Morgan fingerprint density at radius 3 is 2.81 bits per heavy atom. The van der Waals surface area contributed by atoms with Crippen LogP contribution in [0.4, 0.5) is 5.69 Å². The number of benzene rings is 1. The van der Waals surface area contributed by atoms with Gasteiger partial charge in [0.05, 0.1) is 0 Å². The van der Waals surface area contributed by atoms with Crippen LogP contribution in [0.15, 0.2) is 36.9 Å².